The molecule has 2 heterocycles. The molecule has 4 heteroatoms. The first kappa shape index (κ1) is 10.6. The third-order valence-corrected chi connectivity index (χ3v) is 3.82. The lowest BCUT2D eigenvalue weighted by Crippen LogP contribution is -2.26. The maximum absolute atomic E-state index is 5.67. The number of anilines is 2. The number of nitrogens with two attached hydrogens (primary N) is 1. The first-order valence-electron chi connectivity index (χ1n) is 5.32. The summed E-state index contributed by atoms with van der Waals surface area (Å²) in [6.45, 7) is 2.04. The highest BCUT2D eigenvalue weighted by Gasteiger charge is 2.14. The van der Waals surface area contributed by atoms with E-state index in [4.69, 9.17) is 5.73 Å². The Kier molecular flexibility index (Phi) is 3.36. The molecule has 1 unspecified atom stereocenters. The van der Waals surface area contributed by atoms with Gasteiger partial charge in [0.15, 0.2) is 0 Å². The van der Waals surface area contributed by atoms with E-state index in [2.05, 4.69) is 10.3 Å². The van der Waals surface area contributed by atoms with Gasteiger partial charge >= 0.3 is 0 Å². The normalized spacial score (nSPS) is 21.3. The fraction of sp³-hybridized carbons (Fsp3) is 0.545. The molecule has 15 heavy (non-hydrogen) atoms. The Morgan fingerprint density at radius 1 is 1.60 bits per heavy atom. The zero-order valence-corrected chi connectivity index (χ0v) is 9.81. The lowest BCUT2D eigenvalue weighted by molar-refractivity contribution is 0.682. The van der Waals surface area contributed by atoms with E-state index in [-0.39, 0.29) is 0 Å². The van der Waals surface area contributed by atoms with Crippen molar-refractivity contribution in [3.63, 3.8) is 0 Å². The van der Waals surface area contributed by atoms with Gasteiger partial charge in [-0.25, -0.2) is 4.98 Å². The van der Waals surface area contributed by atoms with Crippen molar-refractivity contribution in [1.29, 1.82) is 0 Å². The van der Waals surface area contributed by atoms with Crippen LogP contribution in [0.4, 0.5) is 11.5 Å². The van der Waals surface area contributed by atoms with E-state index in [1.165, 1.54) is 24.3 Å². The third kappa shape index (κ3) is 2.78. The van der Waals surface area contributed by atoms with Crippen LogP contribution in [0.5, 0.6) is 0 Å². The Morgan fingerprint density at radius 3 is 3.13 bits per heavy atom. The van der Waals surface area contributed by atoms with Gasteiger partial charge in [0.2, 0.25) is 0 Å². The molecule has 1 saturated heterocycles. The van der Waals surface area contributed by atoms with E-state index < -0.39 is 0 Å². The molecule has 82 valence electrons. The van der Waals surface area contributed by atoms with Crippen molar-refractivity contribution in [2.75, 3.05) is 22.6 Å². The summed E-state index contributed by atoms with van der Waals surface area (Å²) >= 11 is 2.02. The van der Waals surface area contributed by atoms with E-state index in [0.29, 0.717) is 6.04 Å². The molecule has 0 radical (unpaired) electrons. The minimum atomic E-state index is 0.568. The maximum atomic E-state index is 5.67. The summed E-state index contributed by atoms with van der Waals surface area (Å²) in [7, 11) is 0. The average Bonchev–Trinajstić information content (AvgIpc) is 2.24. The number of rotatable bonds is 2. The first-order chi connectivity index (χ1) is 7.25. The number of pyridine rings is 1. The fourth-order valence-electron chi connectivity index (χ4n) is 1.80. The summed E-state index contributed by atoms with van der Waals surface area (Å²) in [5.74, 6) is 3.47. The van der Waals surface area contributed by atoms with Gasteiger partial charge in [-0.2, -0.15) is 11.8 Å². The van der Waals surface area contributed by atoms with Crippen LogP contribution >= 0.6 is 11.8 Å². The average molecular weight is 223 g/mol. The van der Waals surface area contributed by atoms with E-state index in [1.807, 2.05) is 24.8 Å². The molecule has 1 aromatic heterocycles. The summed E-state index contributed by atoms with van der Waals surface area (Å²) in [4.78, 5) is 4.33. The molecule has 1 aliphatic rings. The number of aryl methyl sites for hydroxylation is 1. The molecule has 3 N–H and O–H groups in total. The third-order valence-electron chi connectivity index (χ3n) is 2.60. The monoisotopic (exact) mass is 223 g/mol. The standard InChI is InChI=1S/C11H17N3S/c1-8-5-9(12)6-13-11(8)14-10-3-2-4-15-7-10/h5-6,10H,2-4,7,12H2,1H3,(H,13,14). The first-order valence-corrected chi connectivity index (χ1v) is 6.47. The van der Waals surface area contributed by atoms with Crippen molar-refractivity contribution in [3.8, 4) is 0 Å². The van der Waals surface area contributed by atoms with Crippen molar-refractivity contribution >= 4 is 23.3 Å². The zero-order chi connectivity index (χ0) is 10.7. The predicted molar refractivity (Wildman–Crippen MR) is 67.4 cm³/mol. The van der Waals surface area contributed by atoms with E-state index >= 15 is 0 Å². The molecule has 1 fully saturated rings. The molecule has 0 bridgehead atoms. The summed E-state index contributed by atoms with van der Waals surface area (Å²) in [6.07, 6.45) is 4.26. The zero-order valence-electron chi connectivity index (χ0n) is 8.99. The van der Waals surface area contributed by atoms with Crippen molar-refractivity contribution in [1.82, 2.24) is 4.98 Å². The van der Waals surface area contributed by atoms with E-state index in [0.717, 1.165) is 17.1 Å². The second-order valence-corrected chi connectivity index (χ2v) is 5.14. The van der Waals surface area contributed by atoms with Gasteiger partial charge in [-0.15, -0.1) is 0 Å². The molecular formula is C11H17N3S. The topological polar surface area (TPSA) is 50.9 Å². The lowest BCUT2D eigenvalue weighted by atomic mass is 10.1. The minimum absolute atomic E-state index is 0.568. The number of thioether (sulfide) groups is 1. The fourth-order valence-corrected chi connectivity index (χ4v) is 2.87. The Balaban J connectivity index is 2.03. The highest BCUT2D eigenvalue weighted by molar-refractivity contribution is 7.99. The molecule has 0 saturated carbocycles. The van der Waals surface area contributed by atoms with Crippen LogP contribution in [0.25, 0.3) is 0 Å². The predicted octanol–water partition coefficient (Wildman–Crippen LogP) is 2.28. The molecule has 3 nitrogen and oxygen atoms in total. The quantitative estimate of drug-likeness (QED) is 0.807. The summed E-state index contributed by atoms with van der Waals surface area (Å²) < 4.78 is 0. The number of nitrogen functional groups attached to an aromatic ring is 1. The van der Waals surface area contributed by atoms with Gasteiger partial charge in [0.05, 0.1) is 11.9 Å². The molecule has 1 aromatic rings. The van der Waals surface area contributed by atoms with Crippen molar-refractivity contribution in [2.45, 2.75) is 25.8 Å². The smallest absolute Gasteiger partial charge is 0.129 e. The molecule has 0 amide bonds. The van der Waals surface area contributed by atoms with Crippen LogP contribution in [0.15, 0.2) is 12.3 Å². The molecule has 1 aliphatic heterocycles. The van der Waals surface area contributed by atoms with Crippen LogP contribution in [0.2, 0.25) is 0 Å². The number of nitrogens with zero attached hydrogens (tertiary/aromatic N) is 1. The van der Waals surface area contributed by atoms with E-state index in [1.54, 1.807) is 6.20 Å². The summed E-state index contributed by atoms with van der Waals surface area (Å²) in [5, 5.41) is 3.49. The molecule has 0 aromatic carbocycles. The molecule has 0 spiro atoms. The van der Waals surface area contributed by atoms with Gasteiger partial charge in [-0.05, 0) is 37.1 Å². The Bertz CT molecular complexity index is 335. The number of hydrogen-bond acceptors (Lipinski definition) is 4. The van der Waals surface area contributed by atoms with Gasteiger partial charge in [0.1, 0.15) is 5.82 Å². The van der Waals surface area contributed by atoms with Gasteiger partial charge in [-0.1, -0.05) is 0 Å². The SMILES string of the molecule is Cc1cc(N)cnc1NC1CCCSC1. The van der Waals surface area contributed by atoms with Crippen LogP contribution in [0.1, 0.15) is 18.4 Å². The number of hydrogen-bond donors (Lipinski definition) is 2. The van der Waals surface area contributed by atoms with Gasteiger partial charge in [-0.3, -0.25) is 0 Å². The Morgan fingerprint density at radius 2 is 2.47 bits per heavy atom. The van der Waals surface area contributed by atoms with Crippen molar-refractivity contribution < 1.29 is 0 Å². The van der Waals surface area contributed by atoms with Crippen molar-refractivity contribution in [2.24, 2.45) is 0 Å². The number of aromatic nitrogens is 1. The van der Waals surface area contributed by atoms with Gasteiger partial charge < -0.3 is 11.1 Å². The molecular weight excluding hydrogens is 206 g/mol. The van der Waals surface area contributed by atoms with Crippen LogP contribution in [-0.4, -0.2) is 22.5 Å². The lowest BCUT2D eigenvalue weighted by Gasteiger charge is -2.23. The minimum Gasteiger partial charge on any atom is -0.397 e. The van der Waals surface area contributed by atoms with Crippen LogP contribution < -0.4 is 11.1 Å². The highest BCUT2D eigenvalue weighted by Crippen LogP contribution is 2.22. The van der Waals surface area contributed by atoms with Gasteiger partial charge in [0, 0.05) is 11.8 Å². The Hall–Kier alpha value is -0.900. The van der Waals surface area contributed by atoms with Gasteiger partial charge in [0.25, 0.3) is 0 Å². The maximum Gasteiger partial charge on any atom is 0.129 e. The molecule has 0 aliphatic carbocycles. The van der Waals surface area contributed by atoms with Crippen LogP contribution in [0.3, 0.4) is 0 Å². The van der Waals surface area contributed by atoms with Crippen LogP contribution in [-0.2, 0) is 0 Å². The molecule has 1 atom stereocenters. The summed E-state index contributed by atoms with van der Waals surface area (Å²) in [5.41, 5.74) is 7.53. The van der Waals surface area contributed by atoms with E-state index in [9.17, 15) is 0 Å². The van der Waals surface area contributed by atoms with Crippen LogP contribution in [0, 0.1) is 6.92 Å². The number of nitrogens with one attached hydrogen (secondary N) is 1. The Labute approximate surface area is 94.8 Å². The molecule has 2 rings (SSSR count). The highest BCUT2D eigenvalue weighted by atomic mass is 32.2. The summed E-state index contributed by atoms with van der Waals surface area (Å²) in [6, 6.07) is 2.53. The largest absolute Gasteiger partial charge is 0.397 e. The second-order valence-electron chi connectivity index (χ2n) is 3.99. The van der Waals surface area contributed by atoms with Crippen molar-refractivity contribution in [3.05, 3.63) is 17.8 Å². The second kappa shape index (κ2) is 4.75.